The van der Waals surface area contributed by atoms with Crippen LogP contribution in [0.3, 0.4) is 0 Å². The van der Waals surface area contributed by atoms with Crippen molar-refractivity contribution in [2.24, 2.45) is 10.2 Å². The molecular weight excluding hydrogens is 354 g/mol. The fraction of sp³-hybridized carbons (Fsp3) is 0.111. The Morgan fingerprint density at radius 1 is 1.00 bits per heavy atom. The molecule has 0 amide bonds. The standard InChI is InChI=1S/C18H17N3O4S/c1-10-3-5-13(6-4-10)20-21-18-11(2)7-12-8-14(26(23,24)25)9-15(22)16(12)17(18)19/h3-9,22H,19H2,1-2H3,(H,23,24,25). The summed E-state index contributed by atoms with van der Waals surface area (Å²) in [6.45, 7) is 3.71. The Hall–Kier alpha value is -2.97. The summed E-state index contributed by atoms with van der Waals surface area (Å²) in [5.41, 5.74) is 9.11. The summed E-state index contributed by atoms with van der Waals surface area (Å²) >= 11 is 0. The normalized spacial score (nSPS) is 12.1. The van der Waals surface area contributed by atoms with Gasteiger partial charge in [0.1, 0.15) is 11.4 Å². The molecule has 8 heteroatoms. The van der Waals surface area contributed by atoms with Crippen molar-refractivity contribution in [2.45, 2.75) is 18.7 Å². The molecule has 0 saturated heterocycles. The first-order chi connectivity index (χ1) is 12.2. The van der Waals surface area contributed by atoms with E-state index in [2.05, 4.69) is 10.2 Å². The van der Waals surface area contributed by atoms with Crippen molar-refractivity contribution < 1.29 is 18.1 Å². The molecule has 0 saturated carbocycles. The van der Waals surface area contributed by atoms with Crippen LogP contribution in [0, 0.1) is 13.8 Å². The van der Waals surface area contributed by atoms with E-state index in [1.165, 1.54) is 6.07 Å². The predicted molar refractivity (Wildman–Crippen MR) is 99.9 cm³/mol. The first kappa shape index (κ1) is 17.8. The highest BCUT2D eigenvalue weighted by molar-refractivity contribution is 7.85. The summed E-state index contributed by atoms with van der Waals surface area (Å²) in [5.74, 6) is -0.362. The van der Waals surface area contributed by atoms with Gasteiger partial charge in [0, 0.05) is 11.5 Å². The lowest BCUT2D eigenvalue weighted by Gasteiger charge is -2.11. The number of nitrogens with two attached hydrogens (primary N) is 1. The lowest BCUT2D eigenvalue weighted by molar-refractivity contribution is 0.471. The molecule has 0 aliphatic heterocycles. The summed E-state index contributed by atoms with van der Waals surface area (Å²) in [7, 11) is -4.45. The lowest BCUT2D eigenvalue weighted by Crippen LogP contribution is -1.99. The van der Waals surface area contributed by atoms with Crippen LogP contribution in [0.1, 0.15) is 11.1 Å². The van der Waals surface area contributed by atoms with Gasteiger partial charge >= 0.3 is 0 Å². The van der Waals surface area contributed by atoms with Crippen LogP contribution in [0.25, 0.3) is 10.8 Å². The molecule has 3 rings (SSSR count). The van der Waals surface area contributed by atoms with Crippen molar-refractivity contribution in [2.75, 3.05) is 5.73 Å². The number of hydrogen-bond donors (Lipinski definition) is 3. The van der Waals surface area contributed by atoms with Gasteiger partial charge in [0.25, 0.3) is 10.1 Å². The SMILES string of the molecule is Cc1ccc(N=Nc2c(C)cc3cc(S(=O)(=O)O)cc(O)c3c2N)cc1. The fourth-order valence-corrected chi connectivity index (χ4v) is 3.20. The van der Waals surface area contributed by atoms with E-state index in [0.29, 0.717) is 22.3 Å². The van der Waals surface area contributed by atoms with Gasteiger partial charge in [0.15, 0.2) is 0 Å². The highest BCUT2D eigenvalue weighted by Crippen LogP contribution is 2.41. The number of rotatable bonds is 3. The number of azo groups is 1. The van der Waals surface area contributed by atoms with Crippen molar-refractivity contribution in [3.8, 4) is 5.75 Å². The monoisotopic (exact) mass is 371 g/mol. The molecule has 0 radical (unpaired) electrons. The number of anilines is 1. The van der Waals surface area contributed by atoms with E-state index in [-0.39, 0.29) is 16.8 Å². The van der Waals surface area contributed by atoms with Crippen molar-refractivity contribution in [1.82, 2.24) is 0 Å². The van der Waals surface area contributed by atoms with Crippen molar-refractivity contribution in [1.29, 1.82) is 0 Å². The molecule has 4 N–H and O–H groups in total. The highest BCUT2D eigenvalue weighted by Gasteiger charge is 2.17. The number of nitrogens with zero attached hydrogens (tertiary/aromatic N) is 2. The van der Waals surface area contributed by atoms with E-state index >= 15 is 0 Å². The van der Waals surface area contributed by atoms with E-state index < -0.39 is 15.0 Å². The molecule has 26 heavy (non-hydrogen) atoms. The Balaban J connectivity index is 2.16. The Bertz CT molecular complexity index is 1140. The number of phenols is 1. The van der Waals surface area contributed by atoms with Gasteiger partial charge in [-0.2, -0.15) is 13.5 Å². The maximum atomic E-state index is 11.3. The van der Waals surface area contributed by atoms with Gasteiger partial charge in [-0.15, -0.1) is 5.11 Å². The van der Waals surface area contributed by atoms with E-state index in [4.69, 9.17) is 5.73 Å². The minimum absolute atomic E-state index is 0.176. The molecule has 0 fully saturated rings. The summed E-state index contributed by atoms with van der Waals surface area (Å²) in [4.78, 5) is -0.407. The third-order valence-corrected chi connectivity index (χ3v) is 4.82. The van der Waals surface area contributed by atoms with Crippen LogP contribution in [-0.2, 0) is 10.1 Å². The third kappa shape index (κ3) is 3.37. The number of phenolic OH excluding ortho intramolecular Hbond substituents is 1. The van der Waals surface area contributed by atoms with Crippen LogP contribution in [-0.4, -0.2) is 18.1 Å². The van der Waals surface area contributed by atoms with Gasteiger partial charge in [0.2, 0.25) is 0 Å². The number of benzene rings is 3. The Morgan fingerprint density at radius 2 is 1.65 bits per heavy atom. The van der Waals surface area contributed by atoms with Crippen LogP contribution < -0.4 is 5.73 Å². The molecule has 0 aliphatic carbocycles. The smallest absolute Gasteiger partial charge is 0.294 e. The molecule has 0 heterocycles. The van der Waals surface area contributed by atoms with Gasteiger partial charge in [-0.1, -0.05) is 17.7 Å². The first-order valence-corrected chi connectivity index (χ1v) is 9.12. The average molecular weight is 371 g/mol. The molecule has 0 bridgehead atoms. The first-order valence-electron chi connectivity index (χ1n) is 7.68. The molecule has 0 aromatic heterocycles. The second-order valence-corrected chi connectivity index (χ2v) is 7.43. The highest BCUT2D eigenvalue weighted by atomic mass is 32.2. The van der Waals surface area contributed by atoms with Crippen LogP contribution >= 0.6 is 0 Å². The predicted octanol–water partition coefficient (Wildman–Crippen LogP) is 4.41. The second kappa shape index (κ2) is 6.40. The zero-order valence-electron chi connectivity index (χ0n) is 14.1. The van der Waals surface area contributed by atoms with Crippen LogP contribution in [0.5, 0.6) is 5.75 Å². The summed E-state index contributed by atoms with van der Waals surface area (Å²) in [6, 6.07) is 11.3. The molecule has 3 aromatic carbocycles. The van der Waals surface area contributed by atoms with E-state index in [1.54, 1.807) is 13.0 Å². The number of nitrogen functional groups attached to an aromatic ring is 1. The molecular formula is C18H17N3O4S. The molecule has 7 nitrogen and oxygen atoms in total. The van der Waals surface area contributed by atoms with E-state index in [0.717, 1.165) is 11.6 Å². The zero-order chi connectivity index (χ0) is 19.1. The maximum Gasteiger partial charge on any atom is 0.294 e. The molecule has 3 aromatic rings. The van der Waals surface area contributed by atoms with Crippen molar-refractivity contribution >= 4 is 38.0 Å². The van der Waals surface area contributed by atoms with Gasteiger partial charge in [-0.05, 0) is 49.1 Å². The summed E-state index contributed by atoms with van der Waals surface area (Å²) in [6.07, 6.45) is 0. The fourth-order valence-electron chi connectivity index (χ4n) is 2.66. The van der Waals surface area contributed by atoms with Crippen molar-refractivity contribution in [3.05, 3.63) is 53.6 Å². The van der Waals surface area contributed by atoms with Gasteiger partial charge in [-0.3, -0.25) is 4.55 Å². The Labute approximate surface area is 150 Å². The second-order valence-electron chi connectivity index (χ2n) is 6.01. The molecule has 0 spiro atoms. The van der Waals surface area contributed by atoms with Crippen LogP contribution in [0.4, 0.5) is 17.1 Å². The third-order valence-electron chi connectivity index (χ3n) is 3.99. The summed E-state index contributed by atoms with van der Waals surface area (Å²) in [5, 5.41) is 19.2. The topological polar surface area (TPSA) is 125 Å². The zero-order valence-corrected chi connectivity index (χ0v) is 14.9. The molecule has 0 atom stereocenters. The number of aromatic hydroxyl groups is 1. The minimum atomic E-state index is -4.45. The molecule has 0 unspecified atom stereocenters. The lowest BCUT2D eigenvalue weighted by atomic mass is 10.0. The van der Waals surface area contributed by atoms with Crippen LogP contribution in [0.2, 0.25) is 0 Å². The van der Waals surface area contributed by atoms with Gasteiger partial charge < -0.3 is 10.8 Å². The van der Waals surface area contributed by atoms with E-state index in [9.17, 15) is 18.1 Å². The number of hydrogen-bond acceptors (Lipinski definition) is 6. The largest absolute Gasteiger partial charge is 0.507 e. The van der Waals surface area contributed by atoms with Crippen molar-refractivity contribution in [3.63, 3.8) is 0 Å². The van der Waals surface area contributed by atoms with Crippen LogP contribution in [0.15, 0.2) is 57.6 Å². The average Bonchev–Trinajstić information content (AvgIpc) is 2.54. The maximum absolute atomic E-state index is 11.3. The molecule has 134 valence electrons. The number of fused-ring (bicyclic) bond motifs is 1. The van der Waals surface area contributed by atoms with Gasteiger partial charge in [0.05, 0.1) is 16.3 Å². The number of aryl methyl sites for hydroxylation is 2. The Kier molecular flexibility index (Phi) is 4.39. The summed E-state index contributed by atoms with van der Waals surface area (Å²) < 4.78 is 31.8. The minimum Gasteiger partial charge on any atom is -0.507 e. The quantitative estimate of drug-likeness (QED) is 0.357. The Morgan fingerprint density at radius 3 is 2.27 bits per heavy atom. The molecule has 0 aliphatic rings. The van der Waals surface area contributed by atoms with Gasteiger partial charge in [-0.25, -0.2) is 0 Å². The van der Waals surface area contributed by atoms with E-state index in [1.807, 2.05) is 31.2 Å².